The van der Waals surface area contributed by atoms with Crippen molar-refractivity contribution in [2.75, 3.05) is 5.43 Å². The van der Waals surface area contributed by atoms with Gasteiger partial charge in [-0.2, -0.15) is 14.2 Å². The lowest BCUT2D eigenvalue weighted by Crippen LogP contribution is -2.29. The van der Waals surface area contributed by atoms with Gasteiger partial charge in [0.1, 0.15) is 5.82 Å². The minimum atomic E-state index is -0.230. The molecule has 114 valence electrons. The maximum Gasteiger partial charge on any atom is 0.281 e. The monoisotopic (exact) mass is 325 g/mol. The number of nitrogens with zero attached hydrogens (tertiary/aromatic N) is 4. The first-order chi connectivity index (χ1) is 11.1. The fourth-order valence-corrected chi connectivity index (χ4v) is 2.70. The third-order valence-corrected chi connectivity index (χ3v) is 3.77. The Morgan fingerprint density at radius 3 is 2.70 bits per heavy atom. The van der Waals surface area contributed by atoms with Gasteiger partial charge in [-0.3, -0.25) is 10.2 Å². The normalized spacial score (nSPS) is 11.2. The van der Waals surface area contributed by atoms with Crippen molar-refractivity contribution in [3.05, 3.63) is 69.7 Å². The molecular formula is C16H12ClN5O. The van der Waals surface area contributed by atoms with Gasteiger partial charge in [0.05, 0.1) is 16.6 Å². The van der Waals surface area contributed by atoms with Crippen LogP contribution in [0.5, 0.6) is 0 Å². The van der Waals surface area contributed by atoms with Crippen LogP contribution in [-0.2, 0) is 0 Å². The molecule has 2 aromatic heterocycles. The van der Waals surface area contributed by atoms with Crippen LogP contribution in [0.2, 0.25) is 5.02 Å². The highest BCUT2D eigenvalue weighted by atomic mass is 35.5. The van der Waals surface area contributed by atoms with E-state index in [1.54, 1.807) is 29.6 Å². The van der Waals surface area contributed by atoms with Crippen LogP contribution in [0.15, 0.2) is 53.3 Å². The summed E-state index contributed by atoms with van der Waals surface area (Å²) in [6.07, 6.45) is 0. The van der Waals surface area contributed by atoms with Crippen molar-refractivity contribution in [1.82, 2.24) is 19.3 Å². The van der Waals surface area contributed by atoms with Crippen molar-refractivity contribution in [1.29, 1.82) is 0 Å². The second-order valence-corrected chi connectivity index (χ2v) is 5.59. The minimum absolute atomic E-state index is 0.230. The van der Waals surface area contributed by atoms with Crippen molar-refractivity contribution < 1.29 is 0 Å². The Hall–Kier alpha value is -2.86. The van der Waals surface area contributed by atoms with Gasteiger partial charge < -0.3 is 0 Å². The molecule has 0 saturated heterocycles. The molecule has 0 aliphatic heterocycles. The van der Waals surface area contributed by atoms with Crippen molar-refractivity contribution in [3.63, 3.8) is 0 Å². The predicted molar refractivity (Wildman–Crippen MR) is 90.0 cm³/mol. The predicted octanol–water partition coefficient (Wildman–Crippen LogP) is 2.88. The summed E-state index contributed by atoms with van der Waals surface area (Å²) < 4.78 is 3.02. The van der Waals surface area contributed by atoms with Crippen molar-refractivity contribution in [3.8, 4) is 0 Å². The molecule has 7 heteroatoms. The molecule has 1 N–H and O–H groups in total. The van der Waals surface area contributed by atoms with E-state index < -0.39 is 0 Å². The highest BCUT2D eigenvalue weighted by Crippen LogP contribution is 2.18. The lowest BCUT2D eigenvalue weighted by Gasteiger charge is -2.12. The molecule has 2 heterocycles. The van der Waals surface area contributed by atoms with E-state index in [1.807, 2.05) is 30.3 Å². The van der Waals surface area contributed by atoms with Gasteiger partial charge in [0.2, 0.25) is 0 Å². The third-order valence-electron chi connectivity index (χ3n) is 3.53. The SMILES string of the molecule is Cc1nc2n(Nc3ccccc3)c(=O)c3cc(Cl)ccc3n2n1. The number of aryl methyl sites for hydroxylation is 1. The van der Waals surface area contributed by atoms with E-state index in [-0.39, 0.29) is 5.56 Å². The minimum Gasteiger partial charge on any atom is -0.288 e. The molecule has 0 aliphatic carbocycles. The summed E-state index contributed by atoms with van der Waals surface area (Å²) >= 11 is 6.05. The van der Waals surface area contributed by atoms with Crippen LogP contribution in [0.1, 0.15) is 5.82 Å². The Kier molecular flexibility index (Phi) is 3.06. The fourth-order valence-electron chi connectivity index (χ4n) is 2.53. The Bertz CT molecular complexity index is 1080. The Morgan fingerprint density at radius 1 is 1.13 bits per heavy atom. The van der Waals surface area contributed by atoms with Crippen LogP contribution in [0.3, 0.4) is 0 Å². The summed E-state index contributed by atoms with van der Waals surface area (Å²) in [4.78, 5) is 17.2. The highest BCUT2D eigenvalue weighted by molar-refractivity contribution is 6.31. The number of nitrogens with one attached hydrogen (secondary N) is 1. The van der Waals surface area contributed by atoms with E-state index >= 15 is 0 Å². The number of benzene rings is 2. The number of anilines is 1. The average Bonchev–Trinajstić information content (AvgIpc) is 2.94. The summed E-state index contributed by atoms with van der Waals surface area (Å²) in [6.45, 7) is 1.78. The van der Waals surface area contributed by atoms with Gasteiger partial charge in [-0.25, -0.2) is 0 Å². The summed E-state index contributed by atoms with van der Waals surface area (Å²) in [5.74, 6) is 1.00. The Labute approximate surface area is 135 Å². The zero-order valence-electron chi connectivity index (χ0n) is 12.2. The first-order valence-electron chi connectivity index (χ1n) is 7.03. The summed E-state index contributed by atoms with van der Waals surface area (Å²) in [7, 11) is 0. The molecule has 0 radical (unpaired) electrons. The van der Waals surface area contributed by atoms with Gasteiger partial charge in [-0.05, 0) is 37.3 Å². The lowest BCUT2D eigenvalue weighted by atomic mass is 10.2. The zero-order valence-corrected chi connectivity index (χ0v) is 12.9. The number of halogens is 1. The number of rotatable bonds is 2. The van der Waals surface area contributed by atoms with E-state index in [1.165, 1.54) is 4.68 Å². The average molecular weight is 326 g/mol. The fraction of sp³-hybridized carbons (Fsp3) is 0.0625. The van der Waals surface area contributed by atoms with Crippen molar-refractivity contribution in [2.24, 2.45) is 0 Å². The lowest BCUT2D eigenvalue weighted by molar-refractivity contribution is 0.866. The molecule has 0 aliphatic rings. The van der Waals surface area contributed by atoms with E-state index in [4.69, 9.17) is 11.6 Å². The molecule has 0 amide bonds. The third kappa shape index (κ3) is 2.24. The summed E-state index contributed by atoms with van der Waals surface area (Å²) in [6, 6.07) is 14.6. The molecule has 4 rings (SSSR count). The molecule has 0 atom stereocenters. The Balaban J connectivity index is 2.08. The number of fused-ring (bicyclic) bond motifs is 3. The smallest absolute Gasteiger partial charge is 0.281 e. The van der Waals surface area contributed by atoms with E-state index in [9.17, 15) is 4.79 Å². The molecule has 23 heavy (non-hydrogen) atoms. The van der Waals surface area contributed by atoms with Gasteiger partial charge in [-0.1, -0.05) is 29.8 Å². The number of aromatic nitrogens is 4. The topological polar surface area (TPSA) is 64.2 Å². The van der Waals surface area contributed by atoms with Crippen molar-refractivity contribution >= 4 is 34.0 Å². The Morgan fingerprint density at radius 2 is 1.91 bits per heavy atom. The quantitative estimate of drug-likeness (QED) is 0.615. The van der Waals surface area contributed by atoms with Gasteiger partial charge in [0.15, 0.2) is 0 Å². The number of hydrogen-bond acceptors (Lipinski definition) is 4. The van der Waals surface area contributed by atoms with Crippen LogP contribution in [0, 0.1) is 6.92 Å². The summed E-state index contributed by atoms with van der Waals surface area (Å²) in [5, 5.41) is 5.35. The number of para-hydroxylation sites is 1. The van der Waals surface area contributed by atoms with Gasteiger partial charge in [0, 0.05) is 5.02 Å². The first-order valence-corrected chi connectivity index (χ1v) is 7.41. The van der Waals surface area contributed by atoms with E-state index in [0.717, 1.165) is 5.69 Å². The largest absolute Gasteiger partial charge is 0.288 e. The van der Waals surface area contributed by atoms with Crippen LogP contribution >= 0.6 is 11.6 Å². The van der Waals surface area contributed by atoms with Gasteiger partial charge in [0.25, 0.3) is 11.3 Å². The van der Waals surface area contributed by atoms with Crippen LogP contribution in [-0.4, -0.2) is 19.3 Å². The van der Waals surface area contributed by atoms with E-state index in [0.29, 0.717) is 27.5 Å². The molecule has 4 aromatic rings. The van der Waals surface area contributed by atoms with Gasteiger partial charge >= 0.3 is 0 Å². The number of hydrogen-bond donors (Lipinski definition) is 1. The first kappa shape index (κ1) is 13.8. The maximum absolute atomic E-state index is 12.9. The molecule has 0 bridgehead atoms. The molecule has 0 saturated carbocycles. The molecular weight excluding hydrogens is 314 g/mol. The summed E-state index contributed by atoms with van der Waals surface area (Å²) in [5.41, 5.74) is 4.29. The van der Waals surface area contributed by atoms with Crippen LogP contribution in [0.4, 0.5) is 5.69 Å². The van der Waals surface area contributed by atoms with Gasteiger partial charge in [-0.15, -0.1) is 5.10 Å². The maximum atomic E-state index is 12.9. The molecule has 0 unspecified atom stereocenters. The second-order valence-electron chi connectivity index (χ2n) is 5.15. The standard InChI is InChI=1S/C16H12ClN5O/c1-10-18-16-21(19-10)14-8-7-11(17)9-13(14)15(23)22(16)20-12-5-3-2-4-6-12/h2-9,20H,1H3. The van der Waals surface area contributed by atoms with Crippen LogP contribution in [0.25, 0.3) is 16.7 Å². The van der Waals surface area contributed by atoms with E-state index in [2.05, 4.69) is 15.5 Å². The molecule has 6 nitrogen and oxygen atoms in total. The zero-order chi connectivity index (χ0) is 16.0. The molecule has 0 spiro atoms. The second kappa shape index (κ2) is 5.10. The molecule has 0 fully saturated rings. The van der Waals surface area contributed by atoms with Crippen LogP contribution < -0.4 is 11.0 Å². The highest BCUT2D eigenvalue weighted by Gasteiger charge is 2.14. The van der Waals surface area contributed by atoms with Crippen molar-refractivity contribution in [2.45, 2.75) is 6.92 Å². The molecule has 2 aromatic carbocycles.